The molecule has 0 radical (unpaired) electrons. The number of aliphatic imine (C=N–C) groups is 1. The summed E-state index contributed by atoms with van der Waals surface area (Å²) < 4.78 is 0. The van der Waals surface area contributed by atoms with Gasteiger partial charge in [0.15, 0.2) is 0 Å². The van der Waals surface area contributed by atoms with Gasteiger partial charge in [0.2, 0.25) is 0 Å². The van der Waals surface area contributed by atoms with Crippen molar-refractivity contribution < 1.29 is 0 Å². The first-order valence-electron chi connectivity index (χ1n) is 6.26. The predicted molar refractivity (Wildman–Crippen MR) is 79.1 cm³/mol. The first kappa shape index (κ1) is 12.6. The number of benzene rings is 2. The Morgan fingerprint density at radius 2 is 1.17 bits per heavy atom. The van der Waals surface area contributed by atoms with Crippen LogP contribution in [-0.4, -0.2) is 6.21 Å². The molecule has 0 aromatic heterocycles. The molecule has 0 saturated heterocycles. The number of hydrogen-bond acceptors (Lipinski definition) is 1. The Labute approximate surface area is 109 Å². The van der Waals surface area contributed by atoms with Crippen LogP contribution >= 0.6 is 0 Å². The summed E-state index contributed by atoms with van der Waals surface area (Å²) in [6.45, 7) is 8.45. The molecule has 2 aromatic rings. The molecule has 0 aliphatic rings. The van der Waals surface area contributed by atoms with Crippen molar-refractivity contribution in [2.75, 3.05) is 0 Å². The molecule has 0 aliphatic heterocycles. The first-order valence-corrected chi connectivity index (χ1v) is 6.26. The van der Waals surface area contributed by atoms with Crippen LogP contribution in [0.25, 0.3) is 0 Å². The fourth-order valence-electron chi connectivity index (χ4n) is 2.17. The second-order valence-electron chi connectivity index (χ2n) is 4.80. The summed E-state index contributed by atoms with van der Waals surface area (Å²) in [6, 6.07) is 12.6. The number of para-hydroxylation sites is 1. The Bertz CT molecular complexity index is 501. The van der Waals surface area contributed by atoms with E-state index in [0.29, 0.717) is 0 Å². The number of rotatable bonds is 2. The summed E-state index contributed by atoms with van der Waals surface area (Å²) in [4.78, 5) is 4.67. The van der Waals surface area contributed by atoms with E-state index in [9.17, 15) is 0 Å². The monoisotopic (exact) mass is 237 g/mol. The predicted octanol–water partition coefficient (Wildman–Crippen LogP) is 4.67. The second kappa shape index (κ2) is 5.18. The number of nitrogens with zero attached hydrogens (tertiary/aromatic N) is 1. The van der Waals surface area contributed by atoms with Gasteiger partial charge < -0.3 is 0 Å². The third-order valence-electron chi connectivity index (χ3n) is 3.30. The molecule has 18 heavy (non-hydrogen) atoms. The van der Waals surface area contributed by atoms with Gasteiger partial charge in [-0.3, -0.25) is 4.99 Å². The minimum absolute atomic E-state index is 1.08. The zero-order chi connectivity index (χ0) is 13.1. The molecular weight excluding hydrogens is 218 g/mol. The largest absolute Gasteiger partial charge is 0.256 e. The average molecular weight is 237 g/mol. The average Bonchev–Trinajstić information content (AvgIpc) is 2.31. The number of aryl methyl sites for hydroxylation is 4. The topological polar surface area (TPSA) is 12.4 Å². The van der Waals surface area contributed by atoms with Gasteiger partial charge in [0.25, 0.3) is 0 Å². The van der Waals surface area contributed by atoms with Crippen molar-refractivity contribution in [2.24, 2.45) is 4.99 Å². The summed E-state index contributed by atoms with van der Waals surface area (Å²) in [6.07, 6.45) is 1.99. The highest BCUT2D eigenvalue weighted by Crippen LogP contribution is 2.23. The highest BCUT2D eigenvalue weighted by atomic mass is 14.7. The van der Waals surface area contributed by atoms with Crippen LogP contribution in [0.4, 0.5) is 5.69 Å². The number of hydrogen-bond donors (Lipinski definition) is 0. The lowest BCUT2D eigenvalue weighted by molar-refractivity contribution is 1.32. The summed E-state index contributed by atoms with van der Waals surface area (Å²) in [5, 5.41) is 0. The Morgan fingerprint density at radius 3 is 1.67 bits per heavy atom. The normalized spacial score (nSPS) is 11.1. The maximum absolute atomic E-state index is 4.67. The molecule has 0 bridgehead atoms. The van der Waals surface area contributed by atoms with Gasteiger partial charge in [0.1, 0.15) is 0 Å². The fraction of sp³-hybridized carbons (Fsp3) is 0.235. The lowest BCUT2D eigenvalue weighted by Crippen LogP contribution is -1.91. The third-order valence-corrected chi connectivity index (χ3v) is 3.30. The van der Waals surface area contributed by atoms with E-state index in [4.69, 9.17) is 0 Å². The molecule has 0 spiro atoms. The molecule has 0 atom stereocenters. The molecule has 92 valence electrons. The smallest absolute Gasteiger partial charge is 0.0688 e. The Balaban J connectivity index is 2.43. The zero-order valence-corrected chi connectivity index (χ0v) is 11.5. The van der Waals surface area contributed by atoms with Crippen LogP contribution in [0.3, 0.4) is 0 Å². The summed E-state index contributed by atoms with van der Waals surface area (Å²) >= 11 is 0. The standard InChI is InChI=1S/C17H19N/c1-12-7-5-8-13(2)16(12)11-18-17-14(3)9-6-10-15(17)4/h5-11H,1-4H3. The summed E-state index contributed by atoms with van der Waals surface area (Å²) in [7, 11) is 0. The van der Waals surface area contributed by atoms with Crippen LogP contribution < -0.4 is 0 Å². The van der Waals surface area contributed by atoms with Crippen LogP contribution in [0.15, 0.2) is 41.4 Å². The molecule has 0 heterocycles. The fourth-order valence-corrected chi connectivity index (χ4v) is 2.17. The lowest BCUT2D eigenvalue weighted by Gasteiger charge is -2.06. The van der Waals surface area contributed by atoms with Crippen LogP contribution in [0.2, 0.25) is 0 Å². The van der Waals surface area contributed by atoms with E-state index in [1.165, 1.54) is 27.8 Å². The molecule has 2 rings (SSSR count). The Hall–Kier alpha value is -1.89. The maximum atomic E-state index is 4.67. The summed E-state index contributed by atoms with van der Waals surface area (Å²) in [5.74, 6) is 0. The van der Waals surface area contributed by atoms with Crippen LogP contribution in [0.5, 0.6) is 0 Å². The lowest BCUT2D eigenvalue weighted by atomic mass is 10.0. The van der Waals surface area contributed by atoms with Gasteiger partial charge in [-0.2, -0.15) is 0 Å². The Morgan fingerprint density at radius 1 is 0.722 bits per heavy atom. The Kier molecular flexibility index (Phi) is 3.61. The van der Waals surface area contributed by atoms with Crippen molar-refractivity contribution >= 4 is 11.9 Å². The van der Waals surface area contributed by atoms with Crippen molar-refractivity contribution in [1.29, 1.82) is 0 Å². The van der Waals surface area contributed by atoms with Crippen molar-refractivity contribution in [3.05, 3.63) is 64.2 Å². The quantitative estimate of drug-likeness (QED) is 0.673. The highest BCUT2D eigenvalue weighted by Gasteiger charge is 2.01. The second-order valence-corrected chi connectivity index (χ2v) is 4.80. The molecule has 1 heteroatoms. The molecule has 0 N–H and O–H groups in total. The molecule has 0 unspecified atom stereocenters. The van der Waals surface area contributed by atoms with Crippen LogP contribution in [-0.2, 0) is 0 Å². The van der Waals surface area contributed by atoms with Crippen LogP contribution in [0.1, 0.15) is 27.8 Å². The van der Waals surface area contributed by atoms with E-state index in [1.54, 1.807) is 0 Å². The van der Waals surface area contributed by atoms with Gasteiger partial charge in [-0.05, 0) is 55.5 Å². The SMILES string of the molecule is Cc1cccc(C)c1C=Nc1c(C)cccc1C. The van der Waals surface area contributed by atoms with Crippen LogP contribution in [0, 0.1) is 27.7 Å². The molecule has 1 nitrogen and oxygen atoms in total. The summed E-state index contributed by atoms with van der Waals surface area (Å²) in [5.41, 5.74) is 7.28. The molecule has 0 amide bonds. The van der Waals surface area contributed by atoms with Crippen molar-refractivity contribution in [1.82, 2.24) is 0 Å². The van der Waals surface area contributed by atoms with E-state index in [0.717, 1.165) is 5.69 Å². The van der Waals surface area contributed by atoms with E-state index in [2.05, 4.69) is 69.1 Å². The minimum atomic E-state index is 1.08. The van der Waals surface area contributed by atoms with Crippen molar-refractivity contribution in [3.63, 3.8) is 0 Å². The van der Waals surface area contributed by atoms with E-state index in [-0.39, 0.29) is 0 Å². The molecule has 0 saturated carbocycles. The first-order chi connectivity index (χ1) is 8.59. The molecular formula is C17H19N. The highest BCUT2D eigenvalue weighted by molar-refractivity contribution is 5.86. The van der Waals surface area contributed by atoms with E-state index < -0.39 is 0 Å². The molecule has 0 fully saturated rings. The minimum Gasteiger partial charge on any atom is -0.256 e. The van der Waals surface area contributed by atoms with E-state index >= 15 is 0 Å². The van der Waals surface area contributed by atoms with Crippen molar-refractivity contribution in [2.45, 2.75) is 27.7 Å². The van der Waals surface area contributed by atoms with Gasteiger partial charge in [-0.1, -0.05) is 36.4 Å². The molecule has 0 aliphatic carbocycles. The maximum Gasteiger partial charge on any atom is 0.0688 e. The van der Waals surface area contributed by atoms with Gasteiger partial charge in [0.05, 0.1) is 5.69 Å². The zero-order valence-electron chi connectivity index (χ0n) is 11.5. The van der Waals surface area contributed by atoms with Gasteiger partial charge >= 0.3 is 0 Å². The van der Waals surface area contributed by atoms with Gasteiger partial charge in [-0.25, -0.2) is 0 Å². The van der Waals surface area contributed by atoms with Crippen molar-refractivity contribution in [3.8, 4) is 0 Å². The molecule has 2 aromatic carbocycles. The van der Waals surface area contributed by atoms with Gasteiger partial charge in [-0.15, -0.1) is 0 Å². The van der Waals surface area contributed by atoms with E-state index in [1.807, 2.05) is 6.21 Å². The van der Waals surface area contributed by atoms with Gasteiger partial charge in [0, 0.05) is 6.21 Å². The third kappa shape index (κ3) is 2.51.